The number of nitrogens with one attached hydrogen (secondary N) is 1. The molecule has 1 aromatic carbocycles. The van der Waals surface area contributed by atoms with E-state index in [9.17, 15) is 9.59 Å². The SMILES string of the molecule is CCOC(=O)c1c(NC(=O)C(Br)CC)sc2c1CCC(c1ccccc1)C2. The lowest BCUT2D eigenvalue weighted by Gasteiger charge is -2.23. The number of benzene rings is 1. The summed E-state index contributed by atoms with van der Waals surface area (Å²) in [5, 5.41) is 3.56. The molecule has 0 fully saturated rings. The number of hydrogen-bond donors (Lipinski definition) is 1. The van der Waals surface area contributed by atoms with E-state index in [-0.39, 0.29) is 16.7 Å². The molecule has 6 heteroatoms. The van der Waals surface area contributed by atoms with Gasteiger partial charge in [-0.3, -0.25) is 4.79 Å². The number of carbonyl (C=O) groups excluding carboxylic acids is 2. The summed E-state index contributed by atoms with van der Waals surface area (Å²) >= 11 is 4.90. The van der Waals surface area contributed by atoms with Crippen LogP contribution >= 0.6 is 27.3 Å². The summed E-state index contributed by atoms with van der Waals surface area (Å²) in [5.41, 5.74) is 2.92. The van der Waals surface area contributed by atoms with Crippen molar-refractivity contribution < 1.29 is 14.3 Å². The van der Waals surface area contributed by atoms with Gasteiger partial charge in [0.1, 0.15) is 5.00 Å². The summed E-state index contributed by atoms with van der Waals surface area (Å²) in [7, 11) is 0. The van der Waals surface area contributed by atoms with Crippen LogP contribution in [0.25, 0.3) is 0 Å². The van der Waals surface area contributed by atoms with Gasteiger partial charge < -0.3 is 10.1 Å². The van der Waals surface area contributed by atoms with Crippen LogP contribution < -0.4 is 5.32 Å². The maximum atomic E-state index is 12.6. The van der Waals surface area contributed by atoms with E-state index < -0.39 is 0 Å². The third kappa shape index (κ3) is 4.43. The summed E-state index contributed by atoms with van der Waals surface area (Å²) in [6.07, 6.45) is 3.38. The van der Waals surface area contributed by atoms with Crippen LogP contribution in [0.5, 0.6) is 0 Å². The highest BCUT2D eigenvalue weighted by atomic mass is 79.9. The number of hydrogen-bond acceptors (Lipinski definition) is 4. The fourth-order valence-corrected chi connectivity index (χ4v) is 4.91. The Morgan fingerprint density at radius 1 is 1.30 bits per heavy atom. The molecule has 1 heterocycles. The molecule has 144 valence electrons. The summed E-state index contributed by atoms with van der Waals surface area (Å²) in [6, 6.07) is 10.5. The molecule has 0 bridgehead atoms. The molecular weight excluding hydrogens is 426 g/mol. The molecule has 0 saturated carbocycles. The summed E-state index contributed by atoms with van der Waals surface area (Å²) in [5.74, 6) is -0.0251. The number of rotatable bonds is 6. The van der Waals surface area contributed by atoms with Gasteiger partial charge in [-0.05, 0) is 49.7 Å². The van der Waals surface area contributed by atoms with Crippen LogP contribution in [0.3, 0.4) is 0 Å². The third-order valence-corrected chi connectivity index (χ3v) is 7.13. The first-order chi connectivity index (χ1) is 13.0. The standard InChI is InChI=1S/C21H24BrNO3S/c1-3-16(22)19(24)23-20-18(21(25)26-4-2)15-11-10-14(12-17(15)27-20)13-8-6-5-7-9-13/h5-9,14,16H,3-4,10-12H2,1-2H3,(H,23,24). The smallest absolute Gasteiger partial charge is 0.341 e. The highest BCUT2D eigenvalue weighted by molar-refractivity contribution is 9.10. The molecule has 0 spiro atoms. The van der Waals surface area contributed by atoms with Gasteiger partial charge in [0.25, 0.3) is 0 Å². The number of halogens is 1. The van der Waals surface area contributed by atoms with Gasteiger partial charge in [0.2, 0.25) is 5.91 Å². The number of thiophene rings is 1. The fourth-order valence-electron chi connectivity index (χ4n) is 3.48. The van der Waals surface area contributed by atoms with Gasteiger partial charge in [0, 0.05) is 4.88 Å². The molecule has 0 saturated heterocycles. The Bertz CT molecular complexity index is 818. The number of anilines is 1. The van der Waals surface area contributed by atoms with Gasteiger partial charge in [-0.15, -0.1) is 11.3 Å². The topological polar surface area (TPSA) is 55.4 Å². The molecule has 1 amide bonds. The highest BCUT2D eigenvalue weighted by Gasteiger charge is 2.31. The highest BCUT2D eigenvalue weighted by Crippen LogP contribution is 2.43. The van der Waals surface area contributed by atoms with Crippen LogP contribution in [0, 0.1) is 0 Å². The molecule has 0 radical (unpaired) electrons. The normalized spacial score (nSPS) is 17.1. The van der Waals surface area contributed by atoms with E-state index in [2.05, 4.69) is 45.5 Å². The summed E-state index contributed by atoms with van der Waals surface area (Å²) < 4.78 is 5.28. The van der Waals surface area contributed by atoms with Crippen molar-refractivity contribution in [2.45, 2.75) is 50.3 Å². The molecule has 1 aliphatic rings. The first-order valence-corrected chi connectivity index (χ1v) is 11.1. The first-order valence-electron chi connectivity index (χ1n) is 9.36. The van der Waals surface area contributed by atoms with Gasteiger partial charge in [-0.25, -0.2) is 4.79 Å². The lowest BCUT2D eigenvalue weighted by atomic mass is 9.83. The third-order valence-electron chi connectivity index (χ3n) is 4.90. The van der Waals surface area contributed by atoms with Gasteiger partial charge in [0.15, 0.2) is 0 Å². The molecule has 2 unspecified atom stereocenters. The molecule has 3 rings (SSSR count). The molecule has 4 nitrogen and oxygen atoms in total. The van der Waals surface area contributed by atoms with Crippen molar-refractivity contribution in [2.75, 3.05) is 11.9 Å². The van der Waals surface area contributed by atoms with Crippen molar-refractivity contribution in [2.24, 2.45) is 0 Å². The molecule has 2 aromatic rings. The van der Waals surface area contributed by atoms with Crippen molar-refractivity contribution in [1.82, 2.24) is 0 Å². The molecule has 1 aromatic heterocycles. The lowest BCUT2D eigenvalue weighted by Crippen LogP contribution is -2.23. The number of esters is 1. The van der Waals surface area contributed by atoms with Crippen molar-refractivity contribution in [3.05, 3.63) is 51.9 Å². The average Bonchev–Trinajstić information content (AvgIpc) is 3.05. The largest absolute Gasteiger partial charge is 0.462 e. The zero-order chi connectivity index (χ0) is 19.4. The van der Waals surface area contributed by atoms with Gasteiger partial charge in [-0.2, -0.15) is 0 Å². The van der Waals surface area contributed by atoms with E-state index >= 15 is 0 Å². The molecule has 1 N–H and O–H groups in total. The van der Waals surface area contributed by atoms with Gasteiger partial charge in [0.05, 0.1) is 17.0 Å². The van der Waals surface area contributed by atoms with Crippen LogP contribution in [0.1, 0.15) is 59.0 Å². The average molecular weight is 450 g/mol. The Balaban J connectivity index is 1.92. The number of fused-ring (bicyclic) bond motifs is 1. The van der Waals surface area contributed by atoms with E-state index in [1.165, 1.54) is 21.8 Å². The van der Waals surface area contributed by atoms with Crippen molar-refractivity contribution >= 4 is 44.1 Å². The Morgan fingerprint density at radius 3 is 2.70 bits per heavy atom. The Hall–Kier alpha value is -1.66. The monoisotopic (exact) mass is 449 g/mol. The molecule has 2 atom stereocenters. The maximum absolute atomic E-state index is 12.6. The minimum absolute atomic E-state index is 0.124. The second-order valence-corrected chi connectivity index (χ2v) is 8.85. The Labute approximate surface area is 172 Å². The number of carbonyl (C=O) groups is 2. The second-order valence-electron chi connectivity index (χ2n) is 6.64. The lowest BCUT2D eigenvalue weighted by molar-refractivity contribution is -0.115. The quantitative estimate of drug-likeness (QED) is 0.480. The first kappa shape index (κ1) is 20.1. The zero-order valence-electron chi connectivity index (χ0n) is 15.6. The van der Waals surface area contributed by atoms with Crippen molar-refractivity contribution in [3.8, 4) is 0 Å². The van der Waals surface area contributed by atoms with Gasteiger partial charge in [-0.1, -0.05) is 53.2 Å². The summed E-state index contributed by atoms with van der Waals surface area (Å²) in [6.45, 7) is 4.06. The Kier molecular flexibility index (Phi) is 6.71. The predicted octanol–water partition coefficient (Wildman–Crippen LogP) is 5.31. The molecule has 0 aliphatic heterocycles. The number of amides is 1. The minimum Gasteiger partial charge on any atom is -0.462 e. The molecule has 27 heavy (non-hydrogen) atoms. The maximum Gasteiger partial charge on any atom is 0.341 e. The van der Waals surface area contributed by atoms with E-state index in [1.807, 2.05) is 13.0 Å². The minimum atomic E-state index is -0.342. The summed E-state index contributed by atoms with van der Waals surface area (Å²) in [4.78, 5) is 25.9. The number of ether oxygens (including phenoxy) is 1. The van der Waals surface area contributed by atoms with E-state index in [4.69, 9.17) is 4.74 Å². The molecule has 1 aliphatic carbocycles. The van der Waals surface area contributed by atoms with E-state index in [0.29, 0.717) is 29.5 Å². The van der Waals surface area contributed by atoms with Gasteiger partial charge >= 0.3 is 5.97 Å². The predicted molar refractivity (Wildman–Crippen MR) is 113 cm³/mol. The number of alkyl halides is 1. The van der Waals surface area contributed by atoms with Crippen LogP contribution in [0.4, 0.5) is 5.00 Å². The van der Waals surface area contributed by atoms with Crippen molar-refractivity contribution in [3.63, 3.8) is 0 Å². The Morgan fingerprint density at radius 2 is 2.04 bits per heavy atom. The zero-order valence-corrected chi connectivity index (χ0v) is 18.0. The molecular formula is C21H24BrNO3S. The second kappa shape index (κ2) is 9.02. The van der Waals surface area contributed by atoms with Crippen LogP contribution in [-0.2, 0) is 22.4 Å². The van der Waals surface area contributed by atoms with E-state index in [1.54, 1.807) is 6.92 Å². The van der Waals surface area contributed by atoms with E-state index in [0.717, 1.165) is 24.8 Å². The van der Waals surface area contributed by atoms with Crippen molar-refractivity contribution in [1.29, 1.82) is 0 Å². The van der Waals surface area contributed by atoms with Crippen LogP contribution in [-0.4, -0.2) is 23.3 Å². The van der Waals surface area contributed by atoms with Crippen LogP contribution in [0.2, 0.25) is 0 Å². The fraction of sp³-hybridized carbons (Fsp3) is 0.429. The van der Waals surface area contributed by atoms with Crippen LogP contribution in [0.15, 0.2) is 30.3 Å².